The molecule has 18 heavy (non-hydrogen) atoms. The summed E-state index contributed by atoms with van der Waals surface area (Å²) in [4.78, 5) is 16.1. The molecular weight excluding hydrogens is 270 g/mol. The van der Waals surface area contributed by atoms with Gasteiger partial charge < -0.3 is 11.5 Å². The predicted octanol–water partition coefficient (Wildman–Crippen LogP) is 2.57. The number of carbonyl (C=O) groups is 1. The molecule has 0 spiro atoms. The first-order valence-corrected chi connectivity index (χ1v) is 6.25. The van der Waals surface area contributed by atoms with E-state index in [1.807, 2.05) is 0 Å². The molecule has 1 heterocycles. The molecule has 1 aromatic carbocycles. The van der Waals surface area contributed by atoms with Gasteiger partial charge >= 0.3 is 0 Å². The second-order valence-corrected chi connectivity index (χ2v) is 4.98. The van der Waals surface area contributed by atoms with Crippen molar-refractivity contribution in [3.8, 4) is 0 Å². The first kappa shape index (κ1) is 12.7. The largest absolute Gasteiger partial charge is 0.398 e. The van der Waals surface area contributed by atoms with Gasteiger partial charge in [0, 0.05) is 16.8 Å². The summed E-state index contributed by atoms with van der Waals surface area (Å²) in [5.74, 6) is -0.554. The molecule has 0 aliphatic rings. The van der Waals surface area contributed by atoms with Gasteiger partial charge in [0.05, 0.1) is 10.6 Å². The summed E-state index contributed by atoms with van der Waals surface area (Å²) in [6.07, 6.45) is 1.65. The van der Waals surface area contributed by atoms with Crippen LogP contribution in [-0.2, 0) is 0 Å². The Labute approximate surface area is 113 Å². The number of aromatic nitrogens is 1. The van der Waals surface area contributed by atoms with Crippen LogP contribution in [0.3, 0.4) is 0 Å². The lowest BCUT2D eigenvalue weighted by Crippen LogP contribution is -2.13. The minimum Gasteiger partial charge on any atom is -0.398 e. The van der Waals surface area contributed by atoms with Crippen LogP contribution >= 0.6 is 23.4 Å². The number of hydrogen-bond donors (Lipinski definition) is 2. The molecule has 1 aromatic heterocycles. The van der Waals surface area contributed by atoms with Crippen LogP contribution in [0.1, 0.15) is 10.4 Å². The van der Waals surface area contributed by atoms with Crippen LogP contribution in [0.4, 0.5) is 5.69 Å². The average molecular weight is 280 g/mol. The molecule has 4 N–H and O–H groups in total. The van der Waals surface area contributed by atoms with Gasteiger partial charge in [0.25, 0.3) is 5.91 Å². The Morgan fingerprint density at radius 1 is 1.33 bits per heavy atom. The number of amides is 1. The summed E-state index contributed by atoms with van der Waals surface area (Å²) >= 11 is 7.36. The van der Waals surface area contributed by atoms with Crippen LogP contribution in [0.25, 0.3) is 0 Å². The lowest BCUT2D eigenvalue weighted by Gasteiger charge is -2.06. The van der Waals surface area contributed by atoms with Gasteiger partial charge in [-0.05, 0) is 30.3 Å². The van der Waals surface area contributed by atoms with Crippen molar-refractivity contribution < 1.29 is 4.79 Å². The normalized spacial score (nSPS) is 10.3. The lowest BCUT2D eigenvalue weighted by atomic mass is 10.2. The summed E-state index contributed by atoms with van der Waals surface area (Å²) in [6.45, 7) is 0. The van der Waals surface area contributed by atoms with E-state index in [0.717, 1.165) is 4.90 Å². The third-order valence-electron chi connectivity index (χ3n) is 2.23. The molecule has 6 heteroatoms. The molecule has 0 bridgehead atoms. The highest BCUT2D eigenvalue weighted by molar-refractivity contribution is 7.99. The number of carbonyl (C=O) groups excluding carboxylic acids is 1. The monoisotopic (exact) mass is 279 g/mol. The van der Waals surface area contributed by atoms with E-state index in [9.17, 15) is 4.79 Å². The molecule has 0 fully saturated rings. The molecule has 2 aromatic rings. The first-order chi connectivity index (χ1) is 8.58. The number of hydrogen-bond acceptors (Lipinski definition) is 4. The Bertz CT molecular complexity index is 604. The van der Waals surface area contributed by atoms with Gasteiger partial charge in [-0.2, -0.15) is 0 Å². The number of primary amides is 1. The van der Waals surface area contributed by atoms with Crippen molar-refractivity contribution in [2.75, 3.05) is 5.73 Å². The highest BCUT2D eigenvalue weighted by Crippen LogP contribution is 2.32. The molecule has 0 radical (unpaired) electrons. The van der Waals surface area contributed by atoms with E-state index in [1.165, 1.54) is 11.8 Å². The van der Waals surface area contributed by atoms with E-state index < -0.39 is 5.91 Å². The van der Waals surface area contributed by atoms with Crippen molar-refractivity contribution in [2.24, 2.45) is 5.73 Å². The summed E-state index contributed by atoms with van der Waals surface area (Å²) in [5, 5.41) is 1.22. The van der Waals surface area contributed by atoms with Gasteiger partial charge in [0.1, 0.15) is 5.03 Å². The van der Waals surface area contributed by atoms with E-state index in [2.05, 4.69) is 4.98 Å². The molecule has 4 nitrogen and oxygen atoms in total. The van der Waals surface area contributed by atoms with Crippen molar-refractivity contribution in [2.45, 2.75) is 9.92 Å². The minimum absolute atomic E-state index is 0.298. The molecule has 0 aliphatic heterocycles. The second kappa shape index (κ2) is 5.29. The zero-order valence-electron chi connectivity index (χ0n) is 9.26. The van der Waals surface area contributed by atoms with E-state index >= 15 is 0 Å². The average Bonchev–Trinajstić information content (AvgIpc) is 2.34. The molecule has 92 valence electrons. The van der Waals surface area contributed by atoms with Crippen LogP contribution in [0, 0.1) is 0 Å². The zero-order chi connectivity index (χ0) is 13.1. The van der Waals surface area contributed by atoms with Crippen molar-refractivity contribution in [3.63, 3.8) is 0 Å². The molecule has 0 unspecified atom stereocenters. The van der Waals surface area contributed by atoms with Crippen LogP contribution in [0.5, 0.6) is 0 Å². The number of pyridine rings is 1. The fraction of sp³-hybridized carbons (Fsp3) is 0. The summed E-state index contributed by atoms with van der Waals surface area (Å²) in [5.41, 5.74) is 11.6. The maximum Gasteiger partial charge on any atom is 0.250 e. The van der Waals surface area contributed by atoms with Gasteiger partial charge in [-0.1, -0.05) is 23.4 Å². The van der Waals surface area contributed by atoms with Gasteiger partial charge in [0.15, 0.2) is 0 Å². The maximum absolute atomic E-state index is 11.2. The fourth-order valence-corrected chi connectivity index (χ4v) is 2.42. The van der Waals surface area contributed by atoms with Gasteiger partial charge in [-0.25, -0.2) is 4.98 Å². The molecule has 1 amide bonds. The molecule has 0 atom stereocenters. The van der Waals surface area contributed by atoms with Crippen molar-refractivity contribution in [1.82, 2.24) is 4.98 Å². The smallest absolute Gasteiger partial charge is 0.250 e. The zero-order valence-corrected chi connectivity index (χ0v) is 10.8. The summed E-state index contributed by atoms with van der Waals surface area (Å²) in [6, 6.07) is 8.57. The SMILES string of the molecule is NC(=O)c1cc(Sc2ncccc2Cl)ccc1N. The molecule has 0 aliphatic carbocycles. The number of nitrogen functional groups attached to an aromatic ring is 1. The number of nitrogens with two attached hydrogens (primary N) is 2. The quantitative estimate of drug-likeness (QED) is 0.846. The van der Waals surface area contributed by atoms with Crippen molar-refractivity contribution in [1.29, 1.82) is 0 Å². The number of anilines is 1. The molecule has 0 saturated heterocycles. The van der Waals surface area contributed by atoms with Crippen molar-refractivity contribution in [3.05, 3.63) is 47.1 Å². The number of halogens is 1. The van der Waals surface area contributed by atoms with Gasteiger partial charge in [-0.3, -0.25) is 4.79 Å². The summed E-state index contributed by atoms with van der Waals surface area (Å²) < 4.78 is 0. The Morgan fingerprint density at radius 3 is 2.78 bits per heavy atom. The van der Waals surface area contributed by atoms with E-state index in [-0.39, 0.29) is 0 Å². The van der Waals surface area contributed by atoms with Crippen LogP contribution < -0.4 is 11.5 Å². The second-order valence-electron chi connectivity index (χ2n) is 3.51. The lowest BCUT2D eigenvalue weighted by molar-refractivity contribution is 0.100. The first-order valence-electron chi connectivity index (χ1n) is 5.05. The van der Waals surface area contributed by atoms with Gasteiger partial charge in [-0.15, -0.1) is 0 Å². The Hall–Kier alpha value is -1.72. The number of nitrogens with zero attached hydrogens (tertiary/aromatic N) is 1. The topological polar surface area (TPSA) is 82.0 Å². The van der Waals surface area contributed by atoms with E-state index in [4.69, 9.17) is 23.1 Å². The number of rotatable bonds is 3. The van der Waals surface area contributed by atoms with E-state index in [0.29, 0.717) is 21.3 Å². The third-order valence-corrected chi connectivity index (χ3v) is 3.65. The molecular formula is C12H10ClN3OS. The Balaban J connectivity index is 2.33. The Kier molecular flexibility index (Phi) is 3.74. The highest BCUT2D eigenvalue weighted by atomic mass is 35.5. The number of benzene rings is 1. The predicted molar refractivity (Wildman–Crippen MR) is 72.7 cm³/mol. The van der Waals surface area contributed by atoms with Gasteiger partial charge in [0.2, 0.25) is 0 Å². The third kappa shape index (κ3) is 2.75. The van der Waals surface area contributed by atoms with E-state index in [1.54, 1.807) is 36.5 Å². The molecule has 0 saturated carbocycles. The van der Waals surface area contributed by atoms with Crippen molar-refractivity contribution >= 4 is 35.0 Å². The highest BCUT2D eigenvalue weighted by Gasteiger charge is 2.09. The summed E-state index contributed by atoms with van der Waals surface area (Å²) in [7, 11) is 0. The fourth-order valence-electron chi connectivity index (χ4n) is 1.37. The standard InChI is InChI=1S/C12H10ClN3OS/c13-9-2-1-5-16-12(9)18-7-3-4-10(14)8(6-7)11(15)17/h1-6H,14H2,(H2,15,17). The maximum atomic E-state index is 11.2. The molecule has 2 rings (SSSR count). The van der Waals surface area contributed by atoms with Crippen LogP contribution in [-0.4, -0.2) is 10.9 Å². The van der Waals surface area contributed by atoms with Crippen LogP contribution in [0.2, 0.25) is 5.02 Å². The minimum atomic E-state index is -0.554. The Morgan fingerprint density at radius 2 is 2.11 bits per heavy atom. The van der Waals surface area contributed by atoms with Crippen LogP contribution in [0.15, 0.2) is 46.5 Å².